The number of ether oxygens (including phenoxy) is 1. The van der Waals surface area contributed by atoms with Crippen LogP contribution >= 0.6 is 11.6 Å². The molecule has 0 bridgehead atoms. The summed E-state index contributed by atoms with van der Waals surface area (Å²) in [4.78, 5) is 15.9. The van der Waals surface area contributed by atoms with Crippen LogP contribution in [0.3, 0.4) is 0 Å². The van der Waals surface area contributed by atoms with Gasteiger partial charge in [-0.1, -0.05) is 53.5 Å². The van der Waals surface area contributed by atoms with Crippen molar-refractivity contribution in [1.82, 2.24) is 0 Å². The standard InChI is InChI=1S/C14H11BClNO2/c15-11-6-4-10(5-7-11)12(18)9-19-13-3-1-2-8-17-14(13)16/h1-7H,8-9H2. The molecule has 1 aromatic carbocycles. The van der Waals surface area contributed by atoms with Gasteiger partial charge in [0.25, 0.3) is 0 Å². The second-order valence-corrected chi connectivity index (χ2v) is 4.28. The molecule has 1 aliphatic rings. The second-order valence-electron chi connectivity index (χ2n) is 3.92. The SMILES string of the molecule is [B]c1ccc(C(=O)COC2=CC=CCN=C2Cl)cc1. The maximum Gasteiger partial charge on any atom is 0.200 e. The summed E-state index contributed by atoms with van der Waals surface area (Å²) in [5, 5.41) is 0.273. The number of carbonyl (C=O) groups is 1. The van der Waals surface area contributed by atoms with Gasteiger partial charge in [0.2, 0.25) is 0 Å². The van der Waals surface area contributed by atoms with Gasteiger partial charge in [-0.05, 0) is 6.08 Å². The third-order valence-electron chi connectivity index (χ3n) is 2.51. The van der Waals surface area contributed by atoms with Crippen LogP contribution in [0.25, 0.3) is 0 Å². The molecule has 0 aromatic heterocycles. The number of hydrogen-bond donors (Lipinski definition) is 0. The number of aliphatic imine (C=N–C) groups is 1. The van der Waals surface area contributed by atoms with Crippen LogP contribution in [0.2, 0.25) is 0 Å². The largest absolute Gasteiger partial charge is 0.482 e. The Hall–Kier alpha value is -1.81. The molecule has 1 aliphatic heterocycles. The molecule has 0 N–H and O–H groups in total. The van der Waals surface area contributed by atoms with Gasteiger partial charge in [-0.2, -0.15) is 0 Å². The molecule has 2 radical (unpaired) electrons. The summed E-state index contributed by atoms with van der Waals surface area (Å²) in [5.74, 6) is 0.262. The average molecular weight is 272 g/mol. The Bertz CT molecular complexity index is 561. The molecule has 0 atom stereocenters. The maximum atomic E-state index is 11.9. The van der Waals surface area contributed by atoms with Gasteiger partial charge in [0.1, 0.15) is 7.85 Å². The van der Waals surface area contributed by atoms with Gasteiger partial charge >= 0.3 is 0 Å². The highest BCUT2D eigenvalue weighted by Crippen LogP contribution is 2.10. The Morgan fingerprint density at radius 2 is 2.11 bits per heavy atom. The Kier molecular flexibility index (Phi) is 4.58. The van der Waals surface area contributed by atoms with Crippen LogP contribution in [0.5, 0.6) is 0 Å². The predicted octanol–water partition coefficient (Wildman–Crippen LogP) is 1.77. The number of nitrogens with zero attached hydrogens (tertiary/aromatic N) is 1. The van der Waals surface area contributed by atoms with Crippen LogP contribution in [-0.2, 0) is 4.74 Å². The summed E-state index contributed by atoms with van der Waals surface area (Å²) in [6, 6.07) is 6.68. The van der Waals surface area contributed by atoms with Crippen molar-refractivity contribution in [1.29, 1.82) is 0 Å². The lowest BCUT2D eigenvalue weighted by atomic mass is 9.95. The minimum absolute atomic E-state index is 0.0880. The Morgan fingerprint density at radius 1 is 1.37 bits per heavy atom. The molecule has 5 heteroatoms. The Morgan fingerprint density at radius 3 is 2.84 bits per heavy atom. The molecule has 19 heavy (non-hydrogen) atoms. The highest BCUT2D eigenvalue weighted by atomic mass is 35.5. The second kappa shape index (κ2) is 6.39. The number of benzene rings is 1. The molecule has 3 nitrogen and oxygen atoms in total. The zero-order valence-corrected chi connectivity index (χ0v) is 10.9. The monoisotopic (exact) mass is 271 g/mol. The first-order chi connectivity index (χ1) is 9.16. The van der Waals surface area contributed by atoms with Crippen molar-refractivity contribution >= 4 is 35.9 Å². The molecule has 0 amide bonds. The minimum Gasteiger partial charge on any atom is -0.482 e. The van der Waals surface area contributed by atoms with Gasteiger partial charge in [-0.15, -0.1) is 0 Å². The van der Waals surface area contributed by atoms with E-state index in [1.807, 2.05) is 6.08 Å². The number of rotatable bonds is 4. The molecule has 0 aliphatic carbocycles. The molecular weight excluding hydrogens is 260 g/mol. The van der Waals surface area contributed by atoms with Gasteiger partial charge in [-0.3, -0.25) is 9.79 Å². The van der Waals surface area contributed by atoms with E-state index in [-0.39, 0.29) is 17.6 Å². The number of hydrogen-bond acceptors (Lipinski definition) is 3. The van der Waals surface area contributed by atoms with Crippen molar-refractivity contribution in [2.45, 2.75) is 0 Å². The van der Waals surface area contributed by atoms with E-state index in [4.69, 9.17) is 24.2 Å². The molecule has 0 fully saturated rings. The first kappa shape index (κ1) is 13.6. The molecule has 0 unspecified atom stereocenters. The van der Waals surface area contributed by atoms with Crippen molar-refractivity contribution in [3.8, 4) is 0 Å². The Balaban J connectivity index is 1.99. The van der Waals surface area contributed by atoms with Crippen molar-refractivity contribution in [3.05, 3.63) is 53.8 Å². The van der Waals surface area contributed by atoms with E-state index in [2.05, 4.69) is 4.99 Å². The summed E-state index contributed by atoms with van der Waals surface area (Å²) >= 11 is 5.93. The van der Waals surface area contributed by atoms with Crippen LogP contribution in [0.4, 0.5) is 0 Å². The zero-order chi connectivity index (χ0) is 13.7. The minimum atomic E-state index is -0.140. The Labute approximate surface area is 118 Å². The molecule has 94 valence electrons. The summed E-state index contributed by atoms with van der Waals surface area (Å²) < 4.78 is 5.39. The summed E-state index contributed by atoms with van der Waals surface area (Å²) in [7, 11) is 5.56. The topological polar surface area (TPSA) is 38.7 Å². The van der Waals surface area contributed by atoms with Crippen molar-refractivity contribution in [3.63, 3.8) is 0 Å². The van der Waals surface area contributed by atoms with Crippen molar-refractivity contribution in [2.24, 2.45) is 4.99 Å². The normalized spacial score (nSPS) is 14.4. The highest BCUT2D eigenvalue weighted by Gasteiger charge is 2.11. The molecule has 2 rings (SSSR count). The van der Waals surface area contributed by atoms with E-state index in [1.54, 1.807) is 36.4 Å². The molecule has 0 spiro atoms. The third kappa shape index (κ3) is 3.83. The van der Waals surface area contributed by atoms with E-state index >= 15 is 0 Å². The van der Waals surface area contributed by atoms with Crippen LogP contribution in [0.1, 0.15) is 10.4 Å². The first-order valence-corrected chi connectivity index (χ1v) is 6.13. The number of carbonyl (C=O) groups excluding carboxylic acids is 1. The third-order valence-corrected chi connectivity index (χ3v) is 2.82. The van der Waals surface area contributed by atoms with Crippen LogP contribution in [-0.4, -0.2) is 32.0 Å². The van der Waals surface area contributed by atoms with E-state index < -0.39 is 0 Å². The fourth-order valence-electron chi connectivity index (χ4n) is 1.50. The fourth-order valence-corrected chi connectivity index (χ4v) is 1.69. The van der Waals surface area contributed by atoms with Gasteiger partial charge in [0, 0.05) is 5.56 Å². The number of halogens is 1. The first-order valence-electron chi connectivity index (χ1n) is 5.75. The van der Waals surface area contributed by atoms with Gasteiger partial charge in [0.15, 0.2) is 23.3 Å². The van der Waals surface area contributed by atoms with Crippen LogP contribution in [0.15, 0.2) is 53.2 Å². The lowest BCUT2D eigenvalue weighted by Gasteiger charge is -2.07. The number of ketones is 1. The zero-order valence-electron chi connectivity index (χ0n) is 10.2. The van der Waals surface area contributed by atoms with E-state index in [9.17, 15) is 4.79 Å². The van der Waals surface area contributed by atoms with E-state index in [0.29, 0.717) is 23.3 Å². The van der Waals surface area contributed by atoms with Gasteiger partial charge in [-0.25, -0.2) is 0 Å². The van der Waals surface area contributed by atoms with Crippen molar-refractivity contribution < 1.29 is 9.53 Å². The van der Waals surface area contributed by atoms with Gasteiger partial charge in [0.05, 0.1) is 6.54 Å². The quantitative estimate of drug-likeness (QED) is 0.618. The molecule has 0 saturated carbocycles. The summed E-state index contributed by atoms with van der Waals surface area (Å²) in [5.41, 5.74) is 1.16. The predicted molar refractivity (Wildman–Crippen MR) is 77.5 cm³/mol. The lowest BCUT2D eigenvalue weighted by Crippen LogP contribution is -2.12. The molecule has 0 saturated heterocycles. The molecule has 1 heterocycles. The lowest BCUT2D eigenvalue weighted by molar-refractivity contribution is 0.0876. The average Bonchev–Trinajstić information content (AvgIpc) is 2.61. The molecular formula is C14H11BClNO2. The van der Waals surface area contributed by atoms with E-state index in [0.717, 1.165) is 0 Å². The van der Waals surface area contributed by atoms with Crippen molar-refractivity contribution in [2.75, 3.05) is 13.2 Å². The highest BCUT2D eigenvalue weighted by molar-refractivity contribution is 6.69. The molecule has 1 aromatic rings. The maximum absolute atomic E-state index is 11.9. The number of Topliss-reactive ketones (excluding diaryl/α,β-unsaturated/α-hetero) is 1. The summed E-state index contributed by atoms with van der Waals surface area (Å²) in [6.07, 6.45) is 5.33. The fraction of sp³-hybridized carbons (Fsp3) is 0.143. The summed E-state index contributed by atoms with van der Waals surface area (Å²) in [6.45, 7) is 0.420. The number of allylic oxidation sites excluding steroid dienone is 3. The van der Waals surface area contributed by atoms with Crippen LogP contribution in [0, 0.1) is 0 Å². The van der Waals surface area contributed by atoms with Gasteiger partial charge < -0.3 is 4.74 Å². The van der Waals surface area contributed by atoms with Crippen LogP contribution < -0.4 is 5.46 Å². The van der Waals surface area contributed by atoms with E-state index in [1.165, 1.54) is 0 Å². The smallest absolute Gasteiger partial charge is 0.200 e.